The summed E-state index contributed by atoms with van der Waals surface area (Å²) in [6, 6.07) is 9.39. The van der Waals surface area contributed by atoms with Crippen LogP contribution in [0.3, 0.4) is 0 Å². The highest BCUT2D eigenvalue weighted by molar-refractivity contribution is 5.90. The number of methoxy groups -OCH3 is 3. The van der Waals surface area contributed by atoms with Crippen molar-refractivity contribution in [2.45, 2.75) is 31.8 Å². The minimum Gasteiger partial charge on any atom is -0.497 e. The van der Waals surface area contributed by atoms with Crippen LogP contribution in [0.1, 0.15) is 30.9 Å². The number of aliphatic hydroxyl groups is 1. The molecule has 1 N–H and O–H groups in total. The molecular weight excluding hydrogens is 348 g/mol. The van der Waals surface area contributed by atoms with Gasteiger partial charge in [-0.2, -0.15) is 0 Å². The Morgan fingerprint density at radius 2 is 1.81 bits per heavy atom. The molecule has 0 unspecified atom stereocenters. The smallest absolute Gasteiger partial charge is 0.314 e. The number of carbonyl (C=O) groups excluding carboxylic acids is 2. The van der Waals surface area contributed by atoms with Gasteiger partial charge < -0.3 is 19.3 Å². The van der Waals surface area contributed by atoms with Crippen LogP contribution in [0.25, 0.3) is 10.8 Å². The third kappa shape index (κ3) is 2.84. The van der Waals surface area contributed by atoms with Gasteiger partial charge in [-0.15, -0.1) is 0 Å². The SMILES string of the molecule is COC(=O)C[C@]1(O)c2ccc3ccc(OC)cc3c2CC[C@]1(C)C(=O)OC. The summed E-state index contributed by atoms with van der Waals surface area (Å²) < 4.78 is 15.1. The molecule has 0 saturated heterocycles. The van der Waals surface area contributed by atoms with E-state index in [9.17, 15) is 14.7 Å². The number of rotatable bonds is 4. The third-order valence-electron chi connectivity index (χ3n) is 5.84. The molecule has 0 fully saturated rings. The molecule has 6 heteroatoms. The molecule has 2 aromatic rings. The number of benzene rings is 2. The van der Waals surface area contributed by atoms with E-state index >= 15 is 0 Å². The second-order valence-electron chi connectivity index (χ2n) is 7.12. The Hall–Kier alpha value is -2.60. The maximum atomic E-state index is 12.6. The Balaban J connectivity index is 2.27. The molecule has 1 aliphatic rings. The first kappa shape index (κ1) is 19.2. The Bertz CT molecular complexity index is 905. The van der Waals surface area contributed by atoms with Crippen molar-refractivity contribution in [3.05, 3.63) is 41.5 Å². The Labute approximate surface area is 158 Å². The third-order valence-corrected chi connectivity index (χ3v) is 5.84. The highest BCUT2D eigenvalue weighted by Gasteiger charge is 2.58. The quantitative estimate of drug-likeness (QED) is 0.831. The lowest BCUT2D eigenvalue weighted by Crippen LogP contribution is -2.53. The maximum Gasteiger partial charge on any atom is 0.314 e. The van der Waals surface area contributed by atoms with Crippen molar-refractivity contribution in [1.29, 1.82) is 0 Å². The van der Waals surface area contributed by atoms with Crippen molar-refractivity contribution in [2.75, 3.05) is 21.3 Å². The molecule has 0 amide bonds. The van der Waals surface area contributed by atoms with Crippen LogP contribution in [0.15, 0.2) is 30.3 Å². The summed E-state index contributed by atoms with van der Waals surface area (Å²) in [5.41, 5.74) is -1.56. The van der Waals surface area contributed by atoms with E-state index in [1.165, 1.54) is 14.2 Å². The van der Waals surface area contributed by atoms with E-state index in [2.05, 4.69) is 0 Å². The molecule has 1 aliphatic carbocycles. The molecule has 0 saturated carbocycles. The van der Waals surface area contributed by atoms with Crippen LogP contribution in [-0.2, 0) is 31.1 Å². The van der Waals surface area contributed by atoms with Crippen molar-refractivity contribution in [3.63, 3.8) is 0 Å². The van der Waals surface area contributed by atoms with Gasteiger partial charge in [0.2, 0.25) is 0 Å². The van der Waals surface area contributed by atoms with Gasteiger partial charge in [0, 0.05) is 0 Å². The molecule has 0 aliphatic heterocycles. The van der Waals surface area contributed by atoms with Gasteiger partial charge in [0.05, 0.1) is 33.2 Å². The van der Waals surface area contributed by atoms with Crippen LogP contribution >= 0.6 is 0 Å². The summed E-state index contributed by atoms with van der Waals surface area (Å²) in [6.07, 6.45) is 0.572. The molecular formula is C21H24O6. The van der Waals surface area contributed by atoms with Gasteiger partial charge in [-0.05, 0) is 53.8 Å². The molecule has 3 rings (SSSR count). The van der Waals surface area contributed by atoms with Gasteiger partial charge in [0.15, 0.2) is 0 Å². The van der Waals surface area contributed by atoms with Crippen LogP contribution in [0.4, 0.5) is 0 Å². The first-order chi connectivity index (χ1) is 12.8. The average molecular weight is 372 g/mol. The average Bonchev–Trinajstić information content (AvgIpc) is 2.69. The van der Waals surface area contributed by atoms with Gasteiger partial charge in [0.1, 0.15) is 11.4 Å². The zero-order valence-corrected chi connectivity index (χ0v) is 16.0. The van der Waals surface area contributed by atoms with Crippen molar-refractivity contribution < 1.29 is 28.9 Å². The number of hydrogen-bond acceptors (Lipinski definition) is 6. The summed E-state index contributed by atoms with van der Waals surface area (Å²) >= 11 is 0. The molecule has 0 heterocycles. The monoisotopic (exact) mass is 372 g/mol. The zero-order valence-electron chi connectivity index (χ0n) is 16.0. The fourth-order valence-corrected chi connectivity index (χ4v) is 4.09. The van der Waals surface area contributed by atoms with E-state index in [0.717, 1.165) is 16.3 Å². The van der Waals surface area contributed by atoms with E-state index in [4.69, 9.17) is 14.2 Å². The number of carbonyl (C=O) groups is 2. The molecule has 6 nitrogen and oxygen atoms in total. The van der Waals surface area contributed by atoms with E-state index in [1.54, 1.807) is 20.1 Å². The predicted molar refractivity (Wildman–Crippen MR) is 99.5 cm³/mol. The lowest BCUT2D eigenvalue weighted by Gasteiger charge is -2.47. The number of esters is 2. The Morgan fingerprint density at radius 1 is 1.11 bits per heavy atom. The molecule has 0 spiro atoms. The van der Waals surface area contributed by atoms with E-state index in [0.29, 0.717) is 24.2 Å². The fourth-order valence-electron chi connectivity index (χ4n) is 4.09. The lowest BCUT2D eigenvalue weighted by atomic mass is 9.60. The van der Waals surface area contributed by atoms with E-state index in [1.807, 2.05) is 24.3 Å². The fraction of sp³-hybridized carbons (Fsp3) is 0.429. The number of aryl methyl sites for hydroxylation is 1. The van der Waals surface area contributed by atoms with Crippen molar-refractivity contribution in [1.82, 2.24) is 0 Å². The van der Waals surface area contributed by atoms with Gasteiger partial charge in [-0.25, -0.2) is 0 Å². The molecule has 0 aromatic heterocycles. The summed E-state index contributed by atoms with van der Waals surface area (Å²) in [5, 5.41) is 13.6. The van der Waals surface area contributed by atoms with Gasteiger partial charge >= 0.3 is 11.9 Å². The van der Waals surface area contributed by atoms with Crippen molar-refractivity contribution >= 4 is 22.7 Å². The van der Waals surface area contributed by atoms with Gasteiger partial charge in [-0.1, -0.05) is 18.2 Å². The number of fused-ring (bicyclic) bond motifs is 3. The van der Waals surface area contributed by atoms with E-state index < -0.39 is 23.0 Å². The second-order valence-corrected chi connectivity index (χ2v) is 7.12. The van der Waals surface area contributed by atoms with Gasteiger partial charge in [-0.3, -0.25) is 9.59 Å². The van der Waals surface area contributed by atoms with Crippen LogP contribution in [0.2, 0.25) is 0 Å². The molecule has 0 radical (unpaired) electrons. The van der Waals surface area contributed by atoms with Crippen LogP contribution in [0.5, 0.6) is 5.75 Å². The highest BCUT2D eigenvalue weighted by Crippen LogP contribution is 2.52. The molecule has 27 heavy (non-hydrogen) atoms. The van der Waals surface area contributed by atoms with Crippen LogP contribution < -0.4 is 4.74 Å². The maximum absolute atomic E-state index is 12.6. The molecule has 144 valence electrons. The Morgan fingerprint density at radius 3 is 2.44 bits per heavy atom. The topological polar surface area (TPSA) is 82.1 Å². The lowest BCUT2D eigenvalue weighted by molar-refractivity contribution is -0.181. The van der Waals surface area contributed by atoms with Gasteiger partial charge in [0.25, 0.3) is 0 Å². The minimum atomic E-state index is -1.74. The molecule has 2 atom stereocenters. The largest absolute Gasteiger partial charge is 0.497 e. The molecule has 0 bridgehead atoms. The second kappa shape index (κ2) is 6.85. The zero-order chi connectivity index (χ0) is 19.8. The molecule has 2 aromatic carbocycles. The minimum absolute atomic E-state index is 0.336. The summed E-state index contributed by atoms with van der Waals surface area (Å²) in [5.74, 6) is -0.440. The highest BCUT2D eigenvalue weighted by atomic mass is 16.5. The van der Waals surface area contributed by atoms with Crippen LogP contribution in [0, 0.1) is 5.41 Å². The normalized spacial score (nSPS) is 24.2. The van der Waals surface area contributed by atoms with Crippen molar-refractivity contribution in [2.24, 2.45) is 5.41 Å². The van der Waals surface area contributed by atoms with E-state index in [-0.39, 0.29) is 6.42 Å². The summed E-state index contributed by atoms with van der Waals surface area (Å²) in [4.78, 5) is 24.7. The number of hydrogen-bond donors (Lipinski definition) is 1. The first-order valence-electron chi connectivity index (χ1n) is 8.78. The Kier molecular flexibility index (Phi) is 4.86. The summed E-state index contributed by atoms with van der Waals surface area (Å²) in [6.45, 7) is 1.64. The van der Waals surface area contributed by atoms with Crippen molar-refractivity contribution in [3.8, 4) is 5.75 Å². The van der Waals surface area contributed by atoms with Crippen LogP contribution in [-0.4, -0.2) is 38.4 Å². The standard InChI is InChI=1S/C21H24O6/c1-20(19(23)27-4)10-9-15-16-11-14(25-2)7-5-13(16)6-8-17(15)21(20,24)12-18(22)26-3/h5-8,11,24H,9-10,12H2,1-4H3/t20-,21+/m1/s1. The number of ether oxygens (including phenoxy) is 3. The summed E-state index contributed by atoms with van der Waals surface area (Å²) in [7, 11) is 4.14. The first-order valence-corrected chi connectivity index (χ1v) is 8.78. The predicted octanol–water partition coefficient (Wildman–Crippen LogP) is 2.72.